The molecule has 1 aliphatic heterocycles. The molecule has 3 rings (SSSR count). The molecule has 6 nitrogen and oxygen atoms in total. The van der Waals surface area contributed by atoms with Gasteiger partial charge in [0.25, 0.3) is 5.91 Å². The van der Waals surface area contributed by atoms with Crippen LogP contribution in [0.2, 0.25) is 0 Å². The lowest BCUT2D eigenvalue weighted by Crippen LogP contribution is -2.18. The normalized spacial score (nSPS) is 13.4. The largest absolute Gasteiger partial charge is 0.493 e. The van der Waals surface area contributed by atoms with Crippen molar-refractivity contribution in [2.45, 2.75) is 6.18 Å². The van der Waals surface area contributed by atoms with Gasteiger partial charge in [-0.05, 0) is 35.9 Å². The predicted octanol–water partition coefficient (Wildman–Crippen LogP) is 4.03. The third-order valence-corrected chi connectivity index (χ3v) is 4.01. The van der Waals surface area contributed by atoms with Crippen LogP contribution in [0.5, 0.6) is 17.2 Å². The van der Waals surface area contributed by atoms with E-state index in [1.54, 1.807) is 12.1 Å². The van der Waals surface area contributed by atoms with Crippen LogP contribution in [0.15, 0.2) is 42.0 Å². The van der Waals surface area contributed by atoms with E-state index >= 15 is 0 Å². The number of benzene rings is 2. The highest BCUT2D eigenvalue weighted by Gasteiger charge is 2.33. The van der Waals surface area contributed by atoms with Crippen LogP contribution in [0.1, 0.15) is 11.1 Å². The van der Waals surface area contributed by atoms with Gasteiger partial charge in [0.1, 0.15) is 24.9 Å². The van der Waals surface area contributed by atoms with E-state index in [9.17, 15) is 23.2 Å². The molecule has 9 heteroatoms. The highest BCUT2D eigenvalue weighted by Crippen LogP contribution is 2.41. The van der Waals surface area contributed by atoms with Crippen molar-refractivity contribution in [3.63, 3.8) is 0 Å². The number of nitriles is 1. The average molecular weight is 404 g/mol. The van der Waals surface area contributed by atoms with Crippen molar-refractivity contribution in [3.05, 3.63) is 53.1 Å². The molecule has 0 atom stereocenters. The highest BCUT2D eigenvalue weighted by atomic mass is 19.4. The number of nitrogens with one attached hydrogen (secondary N) is 1. The van der Waals surface area contributed by atoms with Gasteiger partial charge >= 0.3 is 6.18 Å². The van der Waals surface area contributed by atoms with Crippen LogP contribution < -0.4 is 19.5 Å². The highest BCUT2D eigenvalue weighted by molar-refractivity contribution is 6.10. The van der Waals surface area contributed by atoms with Crippen LogP contribution >= 0.6 is 0 Å². The molecule has 0 spiro atoms. The van der Waals surface area contributed by atoms with Crippen LogP contribution in [0.4, 0.5) is 18.9 Å². The van der Waals surface area contributed by atoms with Gasteiger partial charge in [0.2, 0.25) is 5.75 Å². The molecule has 2 aromatic rings. The maximum Gasteiger partial charge on any atom is 0.418 e. The fraction of sp³-hybridized carbons (Fsp3) is 0.200. The number of amides is 1. The Morgan fingerprint density at radius 2 is 1.97 bits per heavy atom. The topological polar surface area (TPSA) is 80.6 Å². The molecule has 0 aliphatic carbocycles. The Morgan fingerprint density at radius 3 is 2.66 bits per heavy atom. The summed E-state index contributed by atoms with van der Waals surface area (Å²) in [6, 6.07) is 9.30. The Kier molecular flexibility index (Phi) is 5.64. The first-order valence-electron chi connectivity index (χ1n) is 8.40. The summed E-state index contributed by atoms with van der Waals surface area (Å²) < 4.78 is 55.5. The Balaban J connectivity index is 1.92. The first-order valence-corrected chi connectivity index (χ1v) is 8.40. The van der Waals surface area contributed by atoms with E-state index in [0.717, 1.165) is 12.1 Å². The zero-order chi connectivity index (χ0) is 21.0. The minimum Gasteiger partial charge on any atom is -0.493 e. The molecule has 1 amide bonds. The third-order valence-electron chi connectivity index (χ3n) is 4.01. The second-order valence-corrected chi connectivity index (χ2v) is 5.91. The Morgan fingerprint density at radius 1 is 1.24 bits per heavy atom. The third kappa shape index (κ3) is 4.43. The number of hydrogen-bond donors (Lipinski definition) is 1. The van der Waals surface area contributed by atoms with E-state index in [1.165, 1.54) is 31.4 Å². The van der Waals surface area contributed by atoms with Crippen LogP contribution in [0.25, 0.3) is 6.08 Å². The molecule has 0 radical (unpaired) electrons. The number of anilines is 1. The Labute approximate surface area is 164 Å². The predicted molar refractivity (Wildman–Crippen MR) is 97.6 cm³/mol. The molecule has 150 valence electrons. The van der Waals surface area contributed by atoms with Gasteiger partial charge in [0.05, 0.1) is 18.4 Å². The standard InChI is InChI=1S/C20H15F3N2O4/c1-27-16-9-12(10-17-18(16)29-7-6-28-17)8-13(11-24)19(26)25-15-5-3-2-4-14(15)20(21,22)23/h2-5,8-10H,6-7H2,1H3,(H,25,26)/b13-8+. The number of fused-ring (bicyclic) bond motifs is 1. The number of carbonyl (C=O) groups excluding carboxylic acids is 1. The molecule has 29 heavy (non-hydrogen) atoms. The number of ether oxygens (including phenoxy) is 3. The van der Waals surface area contributed by atoms with E-state index < -0.39 is 23.3 Å². The lowest BCUT2D eigenvalue weighted by molar-refractivity contribution is -0.137. The number of alkyl halides is 3. The maximum absolute atomic E-state index is 13.1. The molecule has 0 saturated heterocycles. The zero-order valence-electron chi connectivity index (χ0n) is 15.2. The summed E-state index contributed by atoms with van der Waals surface area (Å²) in [7, 11) is 1.42. The molecule has 1 heterocycles. The zero-order valence-corrected chi connectivity index (χ0v) is 15.2. The molecule has 0 fully saturated rings. The fourth-order valence-electron chi connectivity index (χ4n) is 2.72. The smallest absolute Gasteiger partial charge is 0.418 e. The van der Waals surface area contributed by atoms with Gasteiger partial charge in [-0.15, -0.1) is 0 Å². The lowest BCUT2D eigenvalue weighted by Gasteiger charge is -2.21. The van der Waals surface area contributed by atoms with Gasteiger partial charge in [0, 0.05) is 0 Å². The summed E-state index contributed by atoms with van der Waals surface area (Å²) in [5.74, 6) is 0.145. The van der Waals surface area contributed by atoms with Gasteiger partial charge in [-0.3, -0.25) is 4.79 Å². The van der Waals surface area contributed by atoms with Gasteiger partial charge in [-0.2, -0.15) is 18.4 Å². The summed E-state index contributed by atoms with van der Waals surface area (Å²) in [4.78, 5) is 12.4. The number of rotatable bonds is 4. The van der Waals surface area contributed by atoms with Crippen LogP contribution in [0, 0.1) is 11.3 Å². The second kappa shape index (κ2) is 8.14. The molecule has 1 N–H and O–H groups in total. The molecule has 0 unspecified atom stereocenters. The van der Waals surface area contributed by atoms with Crippen molar-refractivity contribution >= 4 is 17.7 Å². The van der Waals surface area contributed by atoms with Crippen molar-refractivity contribution in [2.24, 2.45) is 0 Å². The second-order valence-electron chi connectivity index (χ2n) is 5.91. The first-order chi connectivity index (χ1) is 13.8. The molecule has 0 bridgehead atoms. The maximum atomic E-state index is 13.1. The van der Waals surface area contributed by atoms with E-state index in [1.807, 2.05) is 0 Å². The summed E-state index contributed by atoms with van der Waals surface area (Å²) in [6.07, 6.45) is -3.42. The Bertz CT molecular complexity index is 993. The van der Waals surface area contributed by atoms with E-state index in [2.05, 4.69) is 5.32 Å². The number of methoxy groups -OCH3 is 1. The van der Waals surface area contributed by atoms with Gasteiger partial charge in [0.15, 0.2) is 11.5 Å². The van der Waals surface area contributed by atoms with Crippen molar-refractivity contribution in [1.82, 2.24) is 0 Å². The van der Waals surface area contributed by atoms with Gasteiger partial charge in [-0.1, -0.05) is 12.1 Å². The van der Waals surface area contributed by atoms with Crippen molar-refractivity contribution in [1.29, 1.82) is 5.26 Å². The lowest BCUT2D eigenvalue weighted by atomic mass is 10.1. The number of carbonyl (C=O) groups is 1. The summed E-state index contributed by atoms with van der Waals surface area (Å²) in [5.41, 5.74) is -1.44. The first kappa shape index (κ1) is 20.1. The monoisotopic (exact) mass is 404 g/mol. The molecule has 1 aliphatic rings. The summed E-state index contributed by atoms with van der Waals surface area (Å²) >= 11 is 0. The minimum absolute atomic E-state index is 0.323. The minimum atomic E-state index is -4.65. The SMILES string of the molecule is COc1cc(/C=C(\C#N)C(=O)Nc2ccccc2C(F)(F)F)cc2c1OCCO2. The van der Waals surface area contributed by atoms with Gasteiger partial charge in [-0.25, -0.2) is 0 Å². The fourth-order valence-corrected chi connectivity index (χ4v) is 2.72. The van der Waals surface area contributed by atoms with Crippen LogP contribution in [-0.4, -0.2) is 26.2 Å². The van der Waals surface area contributed by atoms with E-state index in [-0.39, 0.29) is 5.57 Å². The molecule has 0 saturated carbocycles. The van der Waals surface area contributed by atoms with Crippen LogP contribution in [0.3, 0.4) is 0 Å². The average Bonchev–Trinajstić information content (AvgIpc) is 2.70. The van der Waals surface area contributed by atoms with Crippen molar-refractivity contribution in [3.8, 4) is 23.3 Å². The summed E-state index contributed by atoms with van der Waals surface area (Å²) in [6.45, 7) is 0.673. The van der Waals surface area contributed by atoms with Crippen molar-refractivity contribution < 1.29 is 32.2 Å². The number of nitrogens with zero attached hydrogens (tertiary/aromatic N) is 1. The van der Waals surface area contributed by atoms with E-state index in [4.69, 9.17) is 14.2 Å². The Hall–Kier alpha value is -3.67. The van der Waals surface area contributed by atoms with Crippen LogP contribution in [-0.2, 0) is 11.0 Å². The molecule has 2 aromatic carbocycles. The number of para-hydroxylation sites is 1. The molecular weight excluding hydrogens is 389 g/mol. The molecule has 0 aromatic heterocycles. The van der Waals surface area contributed by atoms with Gasteiger partial charge < -0.3 is 19.5 Å². The molecular formula is C20H15F3N2O4. The number of halogens is 3. The van der Waals surface area contributed by atoms with Crippen molar-refractivity contribution in [2.75, 3.05) is 25.6 Å². The van der Waals surface area contributed by atoms with E-state index in [0.29, 0.717) is 36.0 Å². The quantitative estimate of drug-likeness (QED) is 0.615. The number of hydrogen-bond acceptors (Lipinski definition) is 5. The summed E-state index contributed by atoms with van der Waals surface area (Å²) in [5, 5.41) is 11.5.